The Labute approximate surface area is 151 Å². The SMILES string of the molecule is Cc1ccc(NC(=O)CCCN2C(=O)NC3(CCCC3)C2=O)c(Cl)c1. The predicted octanol–water partition coefficient (Wildman–Crippen LogP) is 3.23. The van der Waals surface area contributed by atoms with Crippen LogP contribution in [0.4, 0.5) is 10.5 Å². The van der Waals surface area contributed by atoms with Crippen molar-refractivity contribution in [2.75, 3.05) is 11.9 Å². The summed E-state index contributed by atoms with van der Waals surface area (Å²) in [6.45, 7) is 2.17. The highest BCUT2D eigenvalue weighted by atomic mass is 35.5. The molecule has 2 aliphatic rings. The lowest BCUT2D eigenvalue weighted by molar-refractivity contribution is -0.131. The average Bonchev–Trinajstić information content (AvgIpc) is 3.11. The average molecular weight is 364 g/mol. The molecule has 0 unspecified atom stereocenters. The van der Waals surface area contributed by atoms with Crippen LogP contribution in [0.15, 0.2) is 18.2 Å². The van der Waals surface area contributed by atoms with Crippen LogP contribution in [-0.4, -0.2) is 34.8 Å². The molecule has 134 valence electrons. The fraction of sp³-hybridized carbons (Fsp3) is 0.500. The molecule has 1 saturated carbocycles. The summed E-state index contributed by atoms with van der Waals surface area (Å²) >= 11 is 6.10. The molecule has 0 bridgehead atoms. The normalized spacial score (nSPS) is 18.7. The number of nitrogens with zero attached hydrogens (tertiary/aromatic N) is 1. The minimum Gasteiger partial charge on any atom is -0.325 e. The van der Waals surface area contributed by atoms with Gasteiger partial charge in [0.15, 0.2) is 0 Å². The molecule has 1 spiro atoms. The molecule has 3 rings (SSSR count). The van der Waals surface area contributed by atoms with Gasteiger partial charge >= 0.3 is 6.03 Å². The number of carbonyl (C=O) groups excluding carboxylic acids is 3. The number of nitrogens with one attached hydrogen (secondary N) is 2. The first-order chi connectivity index (χ1) is 11.9. The van der Waals surface area contributed by atoms with E-state index >= 15 is 0 Å². The van der Waals surface area contributed by atoms with Crippen molar-refractivity contribution in [2.45, 2.75) is 51.0 Å². The third kappa shape index (κ3) is 3.63. The van der Waals surface area contributed by atoms with E-state index in [-0.39, 0.29) is 30.8 Å². The Hall–Kier alpha value is -2.08. The topological polar surface area (TPSA) is 78.5 Å². The molecule has 1 aromatic carbocycles. The molecule has 1 heterocycles. The predicted molar refractivity (Wildman–Crippen MR) is 95.5 cm³/mol. The third-order valence-electron chi connectivity index (χ3n) is 4.89. The van der Waals surface area contributed by atoms with Crippen LogP contribution in [0.25, 0.3) is 0 Å². The lowest BCUT2D eigenvalue weighted by atomic mass is 9.98. The summed E-state index contributed by atoms with van der Waals surface area (Å²) in [6.07, 6.45) is 3.97. The maximum Gasteiger partial charge on any atom is 0.325 e. The highest BCUT2D eigenvalue weighted by molar-refractivity contribution is 6.33. The Morgan fingerprint density at radius 1 is 1.32 bits per heavy atom. The van der Waals surface area contributed by atoms with E-state index in [1.54, 1.807) is 12.1 Å². The van der Waals surface area contributed by atoms with E-state index in [0.29, 0.717) is 30.0 Å². The number of hydrogen-bond donors (Lipinski definition) is 2. The van der Waals surface area contributed by atoms with Crippen LogP contribution in [-0.2, 0) is 9.59 Å². The summed E-state index contributed by atoms with van der Waals surface area (Å²) in [5.41, 5.74) is 0.897. The molecule has 0 radical (unpaired) electrons. The highest BCUT2D eigenvalue weighted by Crippen LogP contribution is 2.35. The van der Waals surface area contributed by atoms with E-state index < -0.39 is 5.54 Å². The fourth-order valence-corrected chi connectivity index (χ4v) is 3.81. The largest absolute Gasteiger partial charge is 0.325 e. The summed E-state index contributed by atoms with van der Waals surface area (Å²) < 4.78 is 0. The van der Waals surface area contributed by atoms with E-state index in [2.05, 4.69) is 10.6 Å². The second kappa shape index (κ2) is 7.04. The lowest BCUT2D eigenvalue weighted by Gasteiger charge is -2.19. The summed E-state index contributed by atoms with van der Waals surface area (Å²) in [7, 11) is 0. The number of aryl methyl sites for hydroxylation is 1. The zero-order chi connectivity index (χ0) is 18.0. The van der Waals surface area contributed by atoms with Crippen LogP contribution in [0, 0.1) is 6.92 Å². The molecule has 1 aliphatic carbocycles. The van der Waals surface area contributed by atoms with Gasteiger partial charge in [-0.25, -0.2) is 4.79 Å². The fourth-order valence-electron chi connectivity index (χ4n) is 3.53. The molecular weight excluding hydrogens is 342 g/mol. The Morgan fingerprint density at radius 2 is 2.04 bits per heavy atom. The minimum atomic E-state index is -0.686. The summed E-state index contributed by atoms with van der Waals surface area (Å²) in [5.74, 6) is -0.328. The number of benzene rings is 1. The first kappa shape index (κ1) is 17.7. The van der Waals surface area contributed by atoms with E-state index in [1.165, 1.54) is 4.90 Å². The number of urea groups is 1. The van der Waals surface area contributed by atoms with Crippen molar-refractivity contribution in [3.8, 4) is 0 Å². The molecule has 2 N–H and O–H groups in total. The summed E-state index contributed by atoms with van der Waals surface area (Å²) in [4.78, 5) is 37.9. The van der Waals surface area contributed by atoms with Crippen molar-refractivity contribution >= 4 is 35.1 Å². The van der Waals surface area contributed by atoms with Crippen LogP contribution in [0.3, 0.4) is 0 Å². The van der Waals surface area contributed by atoms with Crippen LogP contribution in [0.5, 0.6) is 0 Å². The van der Waals surface area contributed by atoms with Crippen molar-refractivity contribution in [1.29, 1.82) is 0 Å². The van der Waals surface area contributed by atoms with Crippen LogP contribution < -0.4 is 10.6 Å². The third-order valence-corrected chi connectivity index (χ3v) is 5.20. The number of amides is 4. The van der Waals surface area contributed by atoms with Crippen molar-refractivity contribution in [1.82, 2.24) is 10.2 Å². The monoisotopic (exact) mass is 363 g/mol. The van der Waals surface area contributed by atoms with E-state index in [0.717, 1.165) is 18.4 Å². The molecule has 2 fully saturated rings. The van der Waals surface area contributed by atoms with Gasteiger partial charge in [-0.1, -0.05) is 30.5 Å². The quantitative estimate of drug-likeness (QED) is 0.788. The van der Waals surface area contributed by atoms with Gasteiger partial charge in [0.2, 0.25) is 5.91 Å². The van der Waals surface area contributed by atoms with E-state index in [4.69, 9.17) is 11.6 Å². The molecule has 1 saturated heterocycles. The Morgan fingerprint density at radius 3 is 2.72 bits per heavy atom. The Balaban J connectivity index is 1.50. The number of rotatable bonds is 5. The van der Waals surface area contributed by atoms with Gasteiger partial charge in [-0.2, -0.15) is 0 Å². The van der Waals surface area contributed by atoms with Gasteiger partial charge in [-0.15, -0.1) is 0 Å². The van der Waals surface area contributed by atoms with Crippen LogP contribution in [0.1, 0.15) is 44.1 Å². The van der Waals surface area contributed by atoms with Gasteiger partial charge < -0.3 is 10.6 Å². The maximum absolute atomic E-state index is 12.5. The van der Waals surface area contributed by atoms with Gasteiger partial charge in [-0.05, 0) is 43.9 Å². The Kier molecular flexibility index (Phi) is 4.99. The summed E-state index contributed by atoms with van der Waals surface area (Å²) in [6, 6.07) is 5.08. The number of halogens is 1. The molecule has 1 aliphatic heterocycles. The van der Waals surface area contributed by atoms with E-state index in [9.17, 15) is 14.4 Å². The maximum atomic E-state index is 12.5. The second-order valence-electron chi connectivity index (χ2n) is 6.81. The van der Waals surface area contributed by atoms with Crippen molar-refractivity contribution in [3.05, 3.63) is 28.8 Å². The minimum absolute atomic E-state index is 0.142. The second-order valence-corrected chi connectivity index (χ2v) is 7.22. The Bertz CT molecular complexity index is 714. The molecule has 6 nitrogen and oxygen atoms in total. The van der Waals surface area contributed by atoms with Gasteiger partial charge in [-0.3, -0.25) is 14.5 Å². The van der Waals surface area contributed by atoms with Gasteiger partial charge in [0, 0.05) is 13.0 Å². The van der Waals surface area contributed by atoms with Gasteiger partial charge in [0.05, 0.1) is 10.7 Å². The first-order valence-electron chi connectivity index (χ1n) is 8.61. The zero-order valence-corrected chi connectivity index (χ0v) is 15.0. The molecule has 25 heavy (non-hydrogen) atoms. The highest BCUT2D eigenvalue weighted by Gasteiger charge is 2.51. The standard InChI is InChI=1S/C18H22ClN3O3/c1-12-6-7-14(13(19)11-12)20-15(23)5-4-10-22-16(24)18(21-17(22)25)8-2-3-9-18/h6-7,11H,2-5,8-10H2,1H3,(H,20,23)(H,21,25). The molecule has 0 atom stereocenters. The van der Waals surface area contributed by atoms with Crippen molar-refractivity contribution in [3.63, 3.8) is 0 Å². The molecule has 1 aromatic rings. The van der Waals surface area contributed by atoms with Crippen molar-refractivity contribution in [2.24, 2.45) is 0 Å². The molecule has 7 heteroatoms. The van der Waals surface area contributed by atoms with Crippen LogP contribution in [0.2, 0.25) is 5.02 Å². The van der Waals surface area contributed by atoms with E-state index in [1.807, 2.05) is 13.0 Å². The van der Waals surface area contributed by atoms with Crippen LogP contribution >= 0.6 is 11.6 Å². The lowest BCUT2D eigenvalue weighted by Crippen LogP contribution is -2.44. The van der Waals surface area contributed by atoms with Gasteiger partial charge in [0.25, 0.3) is 5.91 Å². The molecular formula is C18H22ClN3O3. The number of carbonyl (C=O) groups is 3. The zero-order valence-electron chi connectivity index (χ0n) is 14.2. The summed E-state index contributed by atoms with van der Waals surface area (Å²) in [5, 5.41) is 6.09. The molecule has 0 aromatic heterocycles. The smallest absolute Gasteiger partial charge is 0.325 e. The number of imide groups is 1. The first-order valence-corrected chi connectivity index (χ1v) is 8.99. The van der Waals surface area contributed by atoms with Crippen molar-refractivity contribution < 1.29 is 14.4 Å². The number of anilines is 1. The van der Waals surface area contributed by atoms with Gasteiger partial charge in [0.1, 0.15) is 5.54 Å². The molecule has 4 amide bonds. The number of hydrogen-bond acceptors (Lipinski definition) is 3.